The maximum Gasteiger partial charge on any atom is 0.242 e. The van der Waals surface area contributed by atoms with Crippen LogP contribution in [0.3, 0.4) is 0 Å². The summed E-state index contributed by atoms with van der Waals surface area (Å²) in [5, 5.41) is 3.95. The Morgan fingerprint density at radius 1 is 1.10 bits per heavy atom. The van der Waals surface area contributed by atoms with Gasteiger partial charge in [0.05, 0.1) is 20.1 Å². The van der Waals surface area contributed by atoms with Gasteiger partial charge >= 0.3 is 0 Å². The number of fused-ring (bicyclic) bond motifs is 1. The number of hydrogen-bond donors (Lipinski definition) is 2. The van der Waals surface area contributed by atoms with Crippen LogP contribution in [0.5, 0.6) is 0 Å². The predicted molar refractivity (Wildman–Crippen MR) is 123 cm³/mol. The minimum absolute atomic E-state index is 0.0796. The largest absolute Gasteiger partial charge is 0.352 e. The zero-order valence-corrected chi connectivity index (χ0v) is 19.3. The molecule has 0 spiro atoms. The topological polar surface area (TPSA) is 88.2 Å². The summed E-state index contributed by atoms with van der Waals surface area (Å²) >= 11 is 1.44. The number of sulfonamides is 1. The summed E-state index contributed by atoms with van der Waals surface area (Å²) in [5.74, 6) is 0.353. The lowest BCUT2D eigenvalue weighted by molar-refractivity contribution is -0.123. The lowest BCUT2D eigenvalue weighted by Crippen LogP contribution is -2.45. The Balaban J connectivity index is 1.59. The van der Waals surface area contributed by atoms with Gasteiger partial charge in [-0.15, -0.1) is 11.3 Å². The van der Waals surface area contributed by atoms with Crippen molar-refractivity contribution in [1.29, 1.82) is 0 Å². The van der Waals surface area contributed by atoms with Crippen LogP contribution in [0.15, 0.2) is 53.4 Å². The van der Waals surface area contributed by atoms with Gasteiger partial charge in [-0.1, -0.05) is 37.3 Å². The molecule has 1 fully saturated rings. The van der Waals surface area contributed by atoms with Crippen LogP contribution in [0, 0.1) is 12.8 Å². The third kappa shape index (κ3) is 5.14. The van der Waals surface area contributed by atoms with Gasteiger partial charge in [0.1, 0.15) is 6.04 Å². The minimum Gasteiger partial charge on any atom is -0.352 e. The molecular weight excluding hydrogens is 430 g/mol. The number of thiazole rings is 1. The molecule has 164 valence electrons. The van der Waals surface area contributed by atoms with E-state index in [0.717, 1.165) is 40.9 Å². The molecule has 0 aliphatic heterocycles. The number of nitrogens with one attached hydrogen (secondary N) is 2. The van der Waals surface area contributed by atoms with Crippen molar-refractivity contribution < 1.29 is 13.2 Å². The first-order valence-corrected chi connectivity index (χ1v) is 12.9. The van der Waals surface area contributed by atoms with Crippen molar-refractivity contribution >= 4 is 37.5 Å². The molecule has 1 aliphatic rings. The molecule has 6 nitrogen and oxygen atoms in total. The minimum atomic E-state index is -3.92. The fraction of sp³-hybridized carbons (Fsp3) is 0.391. The number of nitrogens with zero attached hydrogens (tertiary/aromatic N) is 1. The SMILES string of the molecule is Cc1nc2ccc(S(=O)(=O)N[C@@H](C(=O)NC3CCC(C)CC3)c3ccccc3)cc2s1. The first kappa shape index (κ1) is 21.9. The first-order valence-electron chi connectivity index (χ1n) is 10.6. The Morgan fingerprint density at radius 2 is 1.81 bits per heavy atom. The van der Waals surface area contributed by atoms with Crippen LogP contribution in [0.25, 0.3) is 10.2 Å². The highest BCUT2D eigenvalue weighted by molar-refractivity contribution is 7.89. The molecular formula is C23H27N3O3S2. The van der Waals surface area contributed by atoms with Crippen LogP contribution < -0.4 is 10.0 Å². The Hall–Kier alpha value is -2.29. The van der Waals surface area contributed by atoms with Crippen LogP contribution in [-0.4, -0.2) is 25.4 Å². The number of carbonyl (C=O) groups is 1. The molecule has 0 unspecified atom stereocenters. The molecule has 31 heavy (non-hydrogen) atoms. The molecule has 8 heteroatoms. The van der Waals surface area contributed by atoms with E-state index in [1.165, 1.54) is 17.4 Å². The highest BCUT2D eigenvalue weighted by Gasteiger charge is 2.30. The second kappa shape index (κ2) is 9.06. The number of aromatic nitrogens is 1. The smallest absolute Gasteiger partial charge is 0.242 e. The Morgan fingerprint density at radius 3 is 2.52 bits per heavy atom. The summed E-state index contributed by atoms with van der Waals surface area (Å²) in [4.78, 5) is 17.7. The van der Waals surface area contributed by atoms with E-state index in [9.17, 15) is 13.2 Å². The van der Waals surface area contributed by atoms with Crippen molar-refractivity contribution in [2.24, 2.45) is 5.92 Å². The highest BCUT2D eigenvalue weighted by atomic mass is 32.2. The van der Waals surface area contributed by atoms with Crippen molar-refractivity contribution in [3.63, 3.8) is 0 Å². The molecule has 0 bridgehead atoms. The van der Waals surface area contributed by atoms with Gasteiger partial charge in [0.25, 0.3) is 0 Å². The van der Waals surface area contributed by atoms with Crippen molar-refractivity contribution in [3.8, 4) is 0 Å². The summed E-state index contributed by atoms with van der Waals surface area (Å²) in [5.41, 5.74) is 1.38. The zero-order chi connectivity index (χ0) is 22.0. The molecule has 1 saturated carbocycles. The number of carbonyl (C=O) groups excluding carboxylic acids is 1. The second-order valence-electron chi connectivity index (χ2n) is 8.29. The van der Waals surface area contributed by atoms with Crippen molar-refractivity contribution in [2.75, 3.05) is 0 Å². The molecule has 4 rings (SSSR count). The maximum atomic E-state index is 13.2. The van der Waals surface area contributed by atoms with Crippen molar-refractivity contribution in [1.82, 2.24) is 15.0 Å². The number of rotatable bonds is 6. The van der Waals surface area contributed by atoms with E-state index in [-0.39, 0.29) is 16.8 Å². The predicted octanol–water partition coefficient (Wildman–Crippen LogP) is 4.32. The molecule has 1 amide bonds. The van der Waals surface area contributed by atoms with Crippen LogP contribution >= 0.6 is 11.3 Å². The number of benzene rings is 2. The van der Waals surface area contributed by atoms with Crippen LogP contribution in [0.2, 0.25) is 0 Å². The fourth-order valence-corrected chi connectivity index (χ4v) is 6.17. The average Bonchev–Trinajstić information content (AvgIpc) is 3.13. The van der Waals surface area contributed by atoms with Crippen molar-refractivity contribution in [3.05, 3.63) is 59.1 Å². The van der Waals surface area contributed by atoms with Gasteiger partial charge < -0.3 is 5.32 Å². The number of hydrogen-bond acceptors (Lipinski definition) is 5. The van der Waals surface area contributed by atoms with E-state index in [2.05, 4.69) is 21.9 Å². The number of amides is 1. The van der Waals surface area contributed by atoms with Gasteiger partial charge in [-0.25, -0.2) is 13.4 Å². The Kier molecular flexibility index (Phi) is 6.41. The molecule has 2 aromatic carbocycles. The maximum absolute atomic E-state index is 13.2. The van der Waals surface area contributed by atoms with Gasteiger partial charge in [0.2, 0.25) is 15.9 Å². The zero-order valence-electron chi connectivity index (χ0n) is 17.7. The third-order valence-electron chi connectivity index (χ3n) is 5.81. The van der Waals surface area contributed by atoms with Gasteiger partial charge in [-0.3, -0.25) is 4.79 Å². The lowest BCUT2D eigenvalue weighted by Gasteiger charge is -2.29. The van der Waals surface area contributed by atoms with E-state index < -0.39 is 16.1 Å². The molecule has 1 aromatic heterocycles. The molecule has 1 aliphatic carbocycles. The van der Waals surface area contributed by atoms with E-state index in [0.29, 0.717) is 11.5 Å². The van der Waals surface area contributed by atoms with Crippen LogP contribution in [-0.2, 0) is 14.8 Å². The molecule has 0 saturated heterocycles. The molecule has 2 N–H and O–H groups in total. The third-order valence-corrected chi connectivity index (χ3v) is 8.16. The highest BCUT2D eigenvalue weighted by Crippen LogP contribution is 2.27. The summed E-state index contributed by atoms with van der Waals surface area (Å²) in [6.45, 7) is 4.11. The average molecular weight is 458 g/mol. The van der Waals surface area contributed by atoms with Gasteiger partial charge in [-0.2, -0.15) is 4.72 Å². The molecule has 3 aromatic rings. The van der Waals surface area contributed by atoms with E-state index in [4.69, 9.17) is 0 Å². The van der Waals surface area contributed by atoms with Crippen LogP contribution in [0.4, 0.5) is 0 Å². The summed E-state index contributed by atoms with van der Waals surface area (Å²) in [7, 11) is -3.92. The summed E-state index contributed by atoms with van der Waals surface area (Å²) in [6.07, 6.45) is 3.98. The number of aryl methyl sites for hydroxylation is 1. The normalized spacial score (nSPS) is 20.5. The van der Waals surface area contributed by atoms with Crippen LogP contribution in [0.1, 0.15) is 49.2 Å². The standard InChI is InChI=1S/C23H27N3O3S2/c1-15-8-10-18(11-9-15)25-23(27)22(17-6-4-3-5-7-17)26-31(28,29)19-12-13-20-21(14-19)30-16(2)24-20/h3-7,12-15,18,22,26H,8-11H2,1-2H3,(H,25,27)/t15?,18?,22-/m1/s1. The first-order chi connectivity index (χ1) is 14.8. The molecule has 1 heterocycles. The van der Waals surface area contributed by atoms with Gasteiger partial charge in [0.15, 0.2) is 0 Å². The van der Waals surface area contributed by atoms with Crippen molar-refractivity contribution in [2.45, 2.75) is 56.5 Å². The quantitative estimate of drug-likeness (QED) is 0.577. The molecule has 1 atom stereocenters. The monoisotopic (exact) mass is 457 g/mol. The fourth-order valence-electron chi connectivity index (χ4n) is 4.02. The van der Waals surface area contributed by atoms with Gasteiger partial charge in [-0.05, 0) is 62.3 Å². The molecule has 0 radical (unpaired) electrons. The second-order valence-corrected chi connectivity index (χ2v) is 11.2. The van der Waals surface area contributed by atoms with E-state index in [1.54, 1.807) is 36.4 Å². The van der Waals surface area contributed by atoms with E-state index in [1.807, 2.05) is 13.0 Å². The van der Waals surface area contributed by atoms with E-state index >= 15 is 0 Å². The Bertz CT molecular complexity index is 1170. The summed E-state index contributed by atoms with van der Waals surface area (Å²) in [6, 6.07) is 12.9. The van der Waals surface area contributed by atoms with Gasteiger partial charge in [0, 0.05) is 6.04 Å². The summed E-state index contributed by atoms with van der Waals surface area (Å²) < 4.78 is 29.8. The Labute approximate surface area is 187 Å². The lowest BCUT2D eigenvalue weighted by atomic mass is 9.87.